The van der Waals surface area contributed by atoms with Crippen molar-refractivity contribution in [2.75, 3.05) is 12.3 Å². The number of hydrogen-bond donors (Lipinski definition) is 2. The zero-order valence-corrected chi connectivity index (χ0v) is 16.5. The lowest BCUT2D eigenvalue weighted by Crippen LogP contribution is -2.21. The Morgan fingerprint density at radius 1 is 1.16 bits per heavy atom. The van der Waals surface area contributed by atoms with Gasteiger partial charge in [0, 0.05) is 39.8 Å². The highest BCUT2D eigenvalue weighted by Gasteiger charge is 2.38. The summed E-state index contributed by atoms with van der Waals surface area (Å²) in [5, 5.41) is 12.9. The average Bonchev–Trinajstić information content (AvgIpc) is 3.11. The molecule has 0 saturated heterocycles. The number of nitrogens with two attached hydrogens (primary N) is 1. The molecule has 0 unspecified atom stereocenters. The molecule has 1 aliphatic rings. The molecule has 0 atom stereocenters. The number of rotatable bonds is 0. The van der Waals surface area contributed by atoms with Crippen molar-refractivity contribution in [2.45, 2.75) is 12.8 Å². The van der Waals surface area contributed by atoms with Gasteiger partial charge in [0.1, 0.15) is 0 Å². The predicted octanol–water partition coefficient (Wildman–Crippen LogP) is 4.04. The van der Waals surface area contributed by atoms with E-state index in [-0.39, 0.29) is 0 Å². The van der Waals surface area contributed by atoms with E-state index in [1.54, 1.807) is 0 Å². The lowest BCUT2D eigenvalue weighted by atomic mass is 10.0. The van der Waals surface area contributed by atoms with E-state index in [0.717, 1.165) is 38.4 Å². The summed E-state index contributed by atoms with van der Waals surface area (Å²) in [6.45, 7) is 1.32. The molecule has 3 N–H and O–H groups in total. The van der Waals surface area contributed by atoms with Gasteiger partial charge in [-0.05, 0) is 28.8 Å². The van der Waals surface area contributed by atoms with Gasteiger partial charge in [-0.15, -0.1) is 0 Å². The Labute approximate surface area is 178 Å². The SMILES string of the molecule is Nc1ccc2cccc3nc4c(cn5cc6c(cc45)=CCOC6)c1c23.O=C(O)C(F)(F)F. The highest BCUT2D eigenvalue weighted by Crippen LogP contribution is 2.37. The predicted molar refractivity (Wildman–Crippen MR) is 115 cm³/mol. The third-order valence-electron chi connectivity index (χ3n) is 5.48. The number of fused-ring (bicyclic) bond motifs is 5. The van der Waals surface area contributed by atoms with E-state index < -0.39 is 12.1 Å². The van der Waals surface area contributed by atoms with E-state index in [4.69, 9.17) is 25.4 Å². The Morgan fingerprint density at radius 3 is 2.69 bits per heavy atom. The molecule has 3 aromatic heterocycles. The number of carboxylic acids is 1. The molecule has 162 valence electrons. The van der Waals surface area contributed by atoms with Gasteiger partial charge in [0.2, 0.25) is 0 Å². The van der Waals surface area contributed by atoms with E-state index in [2.05, 4.69) is 53.2 Å². The van der Waals surface area contributed by atoms with E-state index in [0.29, 0.717) is 13.2 Å². The summed E-state index contributed by atoms with van der Waals surface area (Å²) in [5.74, 6) is -2.76. The fourth-order valence-corrected chi connectivity index (χ4v) is 4.07. The summed E-state index contributed by atoms with van der Waals surface area (Å²) in [7, 11) is 0. The van der Waals surface area contributed by atoms with Crippen molar-refractivity contribution in [3.8, 4) is 0 Å². The van der Waals surface area contributed by atoms with Crippen molar-refractivity contribution in [1.29, 1.82) is 0 Å². The largest absolute Gasteiger partial charge is 0.490 e. The van der Waals surface area contributed by atoms with E-state index in [9.17, 15) is 13.2 Å². The molecule has 5 aromatic rings. The van der Waals surface area contributed by atoms with E-state index in [1.807, 2.05) is 6.07 Å². The number of carboxylic acid groups (broad SMARTS) is 1. The molecule has 2 aromatic carbocycles. The molecule has 1 aliphatic heterocycles. The summed E-state index contributed by atoms with van der Waals surface area (Å²) < 4.78 is 39.4. The first kappa shape index (κ1) is 20.1. The van der Waals surface area contributed by atoms with Crippen molar-refractivity contribution in [3.63, 3.8) is 0 Å². The second-order valence-corrected chi connectivity index (χ2v) is 7.48. The molecule has 32 heavy (non-hydrogen) atoms. The van der Waals surface area contributed by atoms with Crippen LogP contribution in [0, 0.1) is 0 Å². The van der Waals surface area contributed by atoms with Crippen LogP contribution in [0.3, 0.4) is 0 Å². The van der Waals surface area contributed by atoms with Crippen LogP contribution in [0.25, 0.3) is 44.2 Å². The molecule has 6 nitrogen and oxygen atoms in total. The average molecular weight is 439 g/mol. The van der Waals surface area contributed by atoms with Gasteiger partial charge in [-0.2, -0.15) is 13.2 Å². The summed E-state index contributed by atoms with van der Waals surface area (Å²) in [5.41, 5.74) is 11.5. The fraction of sp³-hybridized carbons (Fsp3) is 0.130. The summed E-state index contributed by atoms with van der Waals surface area (Å²) in [6.07, 6.45) is 1.34. The fourth-order valence-electron chi connectivity index (χ4n) is 4.07. The Morgan fingerprint density at radius 2 is 1.94 bits per heavy atom. The number of nitrogen functional groups attached to an aromatic ring is 1. The normalized spacial score (nSPS) is 13.7. The minimum Gasteiger partial charge on any atom is -0.475 e. The van der Waals surface area contributed by atoms with Crippen LogP contribution in [0.4, 0.5) is 18.9 Å². The van der Waals surface area contributed by atoms with Gasteiger partial charge >= 0.3 is 12.1 Å². The number of hydrogen-bond acceptors (Lipinski definition) is 4. The highest BCUT2D eigenvalue weighted by molar-refractivity contribution is 6.24. The molecule has 4 heterocycles. The third-order valence-corrected chi connectivity index (χ3v) is 5.48. The lowest BCUT2D eigenvalue weighted by Gasteiger charge is -2.10. The molecule has 0 bridgehead atoms. The molecule has 0 radical (unpaired) electrons. The first-order valence-corrected chi connectivity index (χ1v) is 9.66. The van der Waals surface area contributed by atoms with Gasteiger partial charge < -0.3 is 20.0 Å². The quantitative estimate of drug-likeness (QED) is 0.356. The van der Waals surface area contributed by atoms with Crippen LogP contribution in [0.2, 0.25) is 0 Å². The number of anilines is 1. The van der Waals surface area contributed by atoms with Crippen molar-refractivity contribution in [1.82, 2.24) is 9.38 Å². The van der Waals surface area contributed by atoms with E-state index >= 15 is 0 Å². The Bertz CT molecular complexity index is 1590. The number of carbonyl (C=O) groups is 1. The van der Waals surface area contributed by atoms with Crippen LogP contribution < -0.4 is 11.0 Å². The number of nitrogens with zero attached hydrogens (tertiary/aromatic N) is 2. The van der Waals surface area contributed by atoms with Crippen LogP contribution in [0.5, 0.6) is 0 Å². The number of aromatic nitrogens is 2. The maximum Gasteiger partial charge on any atom is 0.490 e. The topological polar surface area (TPSA) is 89.9 Å². The Hall–Kier alpha value is -3.85. The van der Waals surface area contributed by atoms with Crippen LogP contribution in [0.1, 0.15) is 5.56 Å². The van der Waals surface area contributed by atoms with Gasteiger partial charge in [0.05, 0.1) is 29.8 Å². The minimum atomic E-state index is -5.08. The molecule has 0 amide bonds. The van der Waals surface area contributed by atoms with Gasteiger partial charge in [-0.3, -0.25) is 0 Å². The van der Waals surface area contributed by atoms with Crippen molar-refractivity contribution in [3.05, 3.63) is 59.6 Å². The number of aliphatic carboxylic acids is 1. The smallest absolute Gasteiger partial charge is 0.475 e. The second-order valence-electron chi connectivity index (χ2n) is 7.48. The van der Waals surface area contributed by atoms with Crippen molar-refractivity contribution >= 4 is 55.8 Å². The number of alkyl halides is 3. The maximum atomic E-state index is 10.6. The maximum absolute atomic E-state index is 10.6. The second kappa shape index (κ2) is 7.10. The summed E-state index contributed by atoms with van der Waals surface area (Å²) >= 11 is 0. The van der Waals surface area contributed by atoms with Crippen LogP contribution in [0.15, 0.2) is 48.8 Å². The standard InChI is InChI=1S/C21H15N3O.C2HF3O2/c22-16-5-4-12-2-1-3-17-19(12)20(16)15-10-24-9-14-11-25-7-6-13(14)8-18(24)21(15)23-17;3-2(4,5)1(6)7/h1-6,8-10H,7,11,22H2;(H,6,7). The molecule has 0 fully saturated rings. The van der Waals surface area contributed by atoms with Crippen LogP contribution >= 0.6 is 0 Å². The molecule has 6 rings (SSSR count). The summed E-state index contributed by atoms with van der Waals surface area (Å²) in [4.78, 5) is 13.9. The zero-order chi connectivity index (χ0) is 22.6. The Balaban J connectivity index is 0.000000272. The molecule has 0 spiro atoms. The van der Waals surface area contributed by atoms with Crippen molar-refractivity contribution in [2.24, 2.45) is 0 Å². The molecule has 0 saturated carbocycles. The monoisotopic (exact) mass is 439 g/mol. The van der Waals surface area contributed by atoms with Crippen LogP contribution in [-0.2, 0) is 16.1 Å². The van der Waals surface area contributed by atoms with Gasteiger partial charge in [-0.25, -0.2) is 9.78 Å². The van der Waals surface area contributed by atoms with Gasteiger partial charge in [-0.1, -0.05) is 24.3 Å². The first-order valence-electron chi connectivity index (χ1n) is 9.66. The zero-order valence-electron chi connectivity index (χ0n) is 16.5. The number of pyridine rings is 2. The lowest BCUT2D eigenvalue weighted by molar-refractivity contribution is -0.192. The molecule has 9 heteroatoms. The summed E-state index contributed by atoms with van der Waals surface area (Å²) in [6, 6.07) is 12.5. The Kier molecular flexibility index (Phi) is 4.45. The molecular weight excluding hydrogens is 423 g/mol. The third kappa shape index (κ3) is 3.18. The number of ether oxygens (including phenoxy) is 1. The van der Waals surface area contributed by atoms with Gasteiger partial charge in [0.15, 0.2) is 0 Å². The van der Waals surface area contributed by atoms with Gasteiger partial charge in [0.25, 0.3) is 0 Å². The molecule has 0 aliphatic carbocycles. The first-order chi connectivity index (χ1) is 15.2. The van der Waals surface area contributed by atoms with Crippen molar-refractivity contribution < 1.29 is 27.8 Å². The number of halogens is 3. The van der Waals surface area contributed by atoms with E-state index in [1.165, 1.54) is 16.2 Å². The molecular formula is C23H16F3N3O3. The number of benzene rings is 2. The van der Waals surface area contributed by atoms with Crippen LogP contribution in [-0.4, -0.2) is 33.2 Å². The highest BCUT2D eigenvalue weighted by atomic mass is 19.4. The minimum absolute atomic E-state index is 0.652.